The number of thioether (sulfide) groups is 1. The number of nitrogens with one attached hydrogen (secondary N) is 1. The monoisotopic (exact) mass is 694 g/mol. The summed E-state index contributed by atoms with van der Waals surface area (Å²) in [7, 11) is 0. The number of carboxylic acid groups (broad SMARTS) is 1. The van der Waals surface area contributed by atoms with Crippen molar-refractivity contribution in [2.75, 3.05) is 18.0 Å². The van der Waals surface area contributed by atoms with Crippen molar-refractivity contribution in [2.24, 2.45) is 5.16 Å². The SMILES string of the molecule is Nc1nc(/C(=N/O)C(=O)N[C@@H]2C(=O)N3C(C(=O)OC(=O)C(F)(F)F)=C(/C=C4\CCN(Cc5ccc(C(=O)O)cc5)C4=O)CS[C@H]23)cs1. The van der Waals surface area contributed by atoms with E-state index in [1.807, 2.05) is 0 Å². The molecule has 0 saturated carbocycles. The number of allylic oxidation sites excluding steroid dienone is 1. The number of anilines is 1. The summed E-state index contributed by atoms with van der Waals surface area (Å²) in [5.74, 6) is -8.37. The number of nitrogen functional groups attached to an aromatic ring is 1. The van der Waals surface area contributed by atoms with E-state index < -0.39 is 64.6 Å². The number of ether oxygens (including phenoxy) is 1. The molecular weight excluding hydrogens is 673 g/mol. The molecule has 15 nitrogen and oxygen atoms in total. The Balaban J connectivity index is 1.39. The fourth-order valence-electron chi connectivity index (χ4n) is 4.89. The number of aromatic nitrogens is 1. The van der Waals surface area contributed by atoms with Crippen LogP contribution in [0.2, 0.25) is 0 Å². The molecule has 0 bridgehead atoms. The van der Waals surface area contributed by atoms with E-state index in [0.717, 1.165) is 28.0 Å². The van der Waals surface area contributed by atoms with Gasteiger partial charge in [0.05, 0.1) is 5.56 Å². The van der Waals surface area contributed by atoms with E-state index in [-0.39, 0.29) is 52.8 Å². The van der Waals surface area contributed by atoms with E-state index in [4.69, 9.17) is 10.8 Å². The van der Waals surface area contributed by atoms with Gasteiger partial charge >= 0.3 is 24.1 Å². The van der Waals surface area contributed by atoms with Crippen molar-refractivity contribution in [3.8, 4) is 0 Å². The van der Waals surface area contributed by atoms with Gasteiger partial charge in [0.1, 0.15) is 22.8 Å². The summed E-state index contributed by atoms with van der Waals surface area (Å²) in [4.78, 5) is 80.9. The number of nitrogens with zero attached hydrogens (tertiary/aromatic N) is 4. The molecule has 47 heavy (non-hydrogen) atoms. The highest BCUT2D eigenvalue weighted by molar-refractivity contribution is 8.00. The second-order valence-corrected chi connectivity index (χ2v) is 12.1. The van der Waals surface area contributed by atoms with Gasteiger partial charge in [-0.05, 0) is 35.8 Å². The molecule has 5 N–H and O–H groups in total. The standard InChI is InChI=1S/C27H21F3N6O9S2/c28-27(29,30)25(43)45-24(42)18-14(7-13-5-6-35(20(13)38)8-11-1-3-12(4-2-11)23(40)41)9-46-22-17(21(39)36(18)22)33-19(37)16(34-44)15-10-47-26(31)32-15/h1-4,7,10,17,22,44H,5-6,8-9H2,(H2,31,32)(H,33,37)(H,40,41)/b13-7+,34-16-/t17-,22-/m1/s1. The van der Waals surface area contributed by atoms with Crippen molar-refractivity contribution in [3.05, 3.63) is 69.4 Å². The molecule has 246 valence electrons. The Kier molecular flexibility index (Phi) is 9.07. The Morgan fingerprint density at radius 1 is 1.19 bits per heavy atom. The van der Waals surface area contributed by atoms with Crippen LogP contribution in [-0.4, -0.2) is 96.3 Å². The number of thiazole rings is 1. The normalized spacial score (nSPS) is 20.7. The lowest BCUT2D eigenvalue weighted by Gasteiger charge is -2.49. The molecule has 0 radical (unpaired) electrons. The van der Waals surface area contributed by atoms with E-state index in [0.29, 0.717) is 5.56 Å². The van der Waals surface area contributed by atoms with Crippen molar-refractivity contribution in [1.29, 1.82) is 0 Å². The summed E-state index contributed by atoms with van der Waals surface area (Å²) >= 11 is 1.94. The lowest BCUT2D eigenvalue weighted by atomic mass is 10.0. The first-order valence-corrected chi connectivity index (χ1v) is 15.2. The topological polar surface area (TPSA) is 222 Å². The first-order valence-electron chi connectivity index (χ1n) is 13.3. The van der Waals surface area contributed by atoms with Crippen LogP contribution in [-0.2, 0) is 35.3 Å². The molecule has 2 saturated heterocycles. The van der Waals surface area contributed by atoms with Crippen molar-refractivity contribution in [1.82, 2.24) is 20.1 Å². The number of nitrogens with two attached hydrogens (primary N) is 1. The van der Waals surface area contributed by atoms with Crippen molar-refractivity contribution in [2.45, 2.75) is 30.6 Å². The van der Waals surface area contributed by atoms with Gasteiger partial charge in [-0.1, -0.05) is 17.3 Å². The van der Waals surface area contributed by atoms with Gasteiger partial charge in [-0.15, -0.1) is 23.1 Å². The number of hydrogen-bond acceptors (Lipinski definition) is 13. The molecular formula is C27H21F3N6O9S2. The fourth-order valence-corrected chi connectivity index (χ4v) is 6.74. The molecule has 0 unspecified atom stereocenters. The van der Waals surface area contributed by atoms with Crippen LogP contribution in [0.3, 0.4) is 0 Å². The Bertz CT molecular complexity index is 1790. The molecule has 4 heterocycles. The minimum Gasteiger partial charge on any atom is -0.478 e. The number of hydrogen-bond donors (Lipinski definition) is 4. The number of oxime groups is 1. The third-order valence-corrected chi connectivity index (χ3v) is 9.09. The van der Waals surface area contributed by atoms with Crippen LogP contribution in [0.1, 0.15) is 28.0 Å². The predicted octanol–water partition coefficient (Wildman–Crippen LogP) is 1.25. The molecule has 20 heteroatoms. The number of amides is 3. The van der Waals surface area contributed by atoms with Gasteiger partial charge in [0.25, 0.3) is 11.8 Å². The predicted molar refractivity (Wildman–Crippen MR) is 156 cm³/mol. The summed E-state index contributed by atoms with van der Waals surface area (Å²) < 4.78 is 42.9. The third-order valence-electron chi connectivity index (χ3n) is 7.11. The highest BCUT2D eigenvalue weighted by Gasteiger charge is 2.55. The van der Waals surface area contributed by atoms with Gasteiger partial charge < -0.3 is 31.0 Å². The molecule has 2 fully saturated rings. The number of aromatic carboxylic acids is 1. The highest BCUT2D eigenvalue weighted by Crippen LogP contribution is 2.42. The number of likely N-dealkylation sites (tertiary alicyclic amines) is 1. The van der Waals surface area contributed by atoms with Crippen LogP contribution < -0.4 is 11.1 Å². The summed E-state index contributed by atoms with van der Waals surface area (Å²) in [5, 5.41) is 24.0. The van der Waals surface area contributed by atoms with Gasteiger partial charge in [-0.3, -0.25) is 19.3 Å². The number of esters is 2. The minimum absolute atomic E-state index is 0.0551. The number of alkyl halides is 3. The lowest BCUT2D eigenvalue weighted by Crippen LogP contribution is -2.71. The summed E-state index contributed by atoms with van der Waals surface area (Å²) in [6.45, 7) is 0.330. The average Bonchev–Trinajstić information content (AvgIpc) is 3.60. The van der Waals surface area contributed by atoms with E-state index in [1.165, 1.54) is 40.6 Å². The smallest absolute Gasteiger partial charge is 0.478 e. The Labute approximate surface area is 269 Å². The van der Waals surface area contributed by atoms with Crippen molar-refractivity contribution < 1.29 is 57.0 Å². The summed E-state index contributed by atoms with van der Waals surface area (Å²) in [6.07, 6.45) is -4.13. The number of rotatable bonds is 8. The number of carboxylic acids is 1. The molecule has 2 aromatic rings. The zero-order valence-electron chi connectivity index (χ0n) is 23.5. The first kappa shape index (κ1) is 33.1. The lowest BCUT2D eigenvalue weighted by molar-refractivity contribution is -0.201. The maximum atomic E-state index is 13.2. The Hall–Kier alpha value is -5.24. The molecule has 1 aromatic heterocycles. The Morgan fingerprint density at radius 2 is 1.89 bits per heavy atom. The van der Waals surface area contributed by atoms with E-state index in [9.17, 15) is 47.1 Å². The van der Waals surface area contributed by atoms with Crippen LogP contribution in [0.5, 0.6) is 0 Å². The number of halogens is 3. The fraction of sp³-hybridized carbons (Fsp3) is 0.259. The molecule has 3 amide bonds. The zero-order valence-corrected chi connectivity index (χ0v) is 25.1. The quantitative estimate of drug-likeness (QED) is 0.0583. The van der Waals surface area contributed by atoms with Gasteiger partial charge in [0, 0.05) is 29.8 Å². The highest BCUT2D eigenvalue weighted by atomic mass is 32.2. The average molecular weight is 695 g/mol. The number of β-lactam (4-membered cyclic amide) rings is 1. The first-order chi connectivity index (χ1) is 22.2. The van der Waals surface area contributed by atoms with Gasteiger partial charge in [0.15, 0.2) is 10.8 Å². The van der Waals surface area contributed by atoms with Gasteiger partial charge in [-0.25, -0.2) is 19.4 Å². The molecule has 3 aliphatic rings. The number of carbonyl (C=O) groups excluding carboxylic acids is 5. The molecule has 2 atom stereocenters. The van der Waals surface area contributed by atoms with Crippen molar-refractivity contribution in [3.63, 3.8) is 0 Å². The summed E-state index contributed by atoms with van der Waals surface area (Å²) in [6, 6.07) is 4.49. The third kappa shape index (κ3) is 6.68. The van der Waals surface area contributed by atoms with Crippen molar-refractivity contribution >= 4 is 69.6 Å². The largest absolute Gasteiger partial charge is 0.491 e. The van der Waals surface area contributed by atoms with Crippen LogP contribution in [0.25, 0.3) is 0 Å². The van der Waals surface area contributed by atoms with Gasteiger partial charge in [-0.2, -0.15) is 13.2 Å². The number of fused-ring (bicyclic) bond motifs is 1. The molecule has 0 spiro atoms. The molecule has 3 aliphatic heterocycles. The second kappa shape index (κ2) is 12.9. The maximum Gasteiger partial charge on any atom is 0.491 e. The zero-order chi connectivity index (χ0) is 34.2. The molecule has 1 aromatic carbocycles. The Morgan fingerprint density at radius 3 is 2.49 bits per heavy atom. The molecule has 5 rings (SSSR count). The molecule has 0 aliphatic carbocycles. The minimum atomic E-state index is -5.53. The van der Waals surface area contributed by atoms with E-state index >= 15 is 0 Å². The second-order valence-electron chi connectivity index (χ2n) is 10.1. The maximum absolute atomic E-state index is 13.2. The van der Waals surface area contributed by atoms with E-state index in [1.54, 1.807) is 0 Å². The number of carbonyl (C=O) groups is 6. The van der Waals surface area contributed by atoms with Crippen LogP contribution >= 0.6 is 23.1 Å². The van der Waals surface area contributed by atoms with E-state index in [2.05, 4.69) is 20.2 Å². The van der Waals surface area contributed by atoms with Crippen LogP contribution in [0.4, 0.5) is 18.3 Å². The number of benzene rings is 1. The summed E-state index contributed by atoms with van der Waals surface area (Å²) in [5.41, 5.74) is 4.92. The van der Waals surface area contributed by atoms with Crippen LogP contribution in [0.15, 0.2) is 57.7 Å². The van der Waals surface area contributed by atoms with Crippen LogP contribution in [0, 0.1) is 0 Å². The van der Waals surface area contributed by atoms with Gasteiger partial charge in [0.2, 0.25) is 5.91 Å².